The van der Waals surface area contributed by atoms with Crippen LogP contribution < -0.4 is 11.2 Å². The van der Waals surface area contributed by atoms with Gasteiger partial charge in [-0.2, -0.15) is 0 Å². The molecule has 2 aromatic heterocycles. The van der Waals surface area contributed by atoms with Gasteiger partial charge in [0.25, 0.3) is 5.56 Å². The summed E-state index contributed by atoms with van der Waals surface area (Å²) in [6.07, 6.45) is -3.87. The third-order valence-electron chi connectivity index (χ3n) is 4.96. The number of ether oxygens (including phenoxy) is 1. The fourth-order valence-corrected chi connectivity index (χ4v) is 3.40. The molecule has 148 valence electrons. The van der Waals surface area contributed by atoms with Crippen molar-refractivity contribution in [3.63, 3.8) is 0 Å². The number of rotatable bonds is 4. The molecule has 3 heterocycles. The van der Waals surface area contributed by atoms with E-state index in [1.54, 1.807) is 6.07 Å². The smallest absolute Gasteiger partial charge is 0.333 e. The number of aromatic nitrogens is 3. The molecule has 0 radical (unpaired) electrons. The lowest BCUT2D eigenvalue weighted by Gasteiger charge is -2.18. The van der Waals surface area contributed by atoms with E-state index in [1.807, 2.05) is 19.1 Å². The monoisotopic (exact) mass is 389 g/mol. The van der Waals surface area contributed by atoms with Crippen LogP contribution in [0.15, 0.2) is 44.6 Å². The van der Waals surface area contributed by atoms with Crippen LogP contribution in [0.2, 0.25) is 0 Å². The van der Waals surface area contributed by atoms with Gasteiger partial charge in [0.15, 0.2) is 11.8 Å². The predicted octanol–water partition coefficient (Wildman–Crippen LogP) is -0.881. The number of aliphatic hydroxyl groups is 3. The van der Waals surface area contributed by atoms with E-state index in [2.05, 4.69) is 5.16 Å². The first-order valence-corrected chi connectivity index (χ1v) is 8.70. The molecule has 10 heteroatoms. The van der Waals surface area contributed by atoms with Crippen LogP contribution >= 0.6 is 0 Å². The Balaban J connectivity index is 1.75. The average molecular weight is 389 g/mol. The quantitative estimate of drug-likeness (QED) is 0.523. The topological polar surface area (TPSA) is 140 Å². The zero-order valence-corrected chi connectivity index (χ0v) is 14.9. The van der Waals surface area contributed by atoms with E-state index in [4.69, 9.17) is 9.26 Å². The fraction of sp³-hybridized carbons (Fsp3) is 0.389. The van der Waals surface area contributed by atoms with Crippen LogP contribution in [0, 0.1) is 6.92 Å². The highest BCUT2D eigenvalue weighted by Gasteiger charge is 2.43. The Morgan fingerprint density at radius 3 is 2.68 bits per heavy atom. The Bertz CT molecular complexity index is 1130. The van der Waals surface area contributed by atoms with Crippen molar-refractivity contribution < 1.29 is 24.6 Å². The highest BCUT2D eigenvalue weighted by molar-refractivity contribution is 5.82. The maximum Gasteiger partial charge on any atom is 0.333 e. The Morgan fingerprint density at radius 2 is 1.96 bits per heavy atom. The number of fused-ring (bicyclic) bond motifs is 1. The summed E-state index contributed by atoms with van der Waals surface area (Å²) < 4.78 is 12.7. The molecular formula is C18H19N3O7. The van der Waals surface area contributed by atoms with Crippen molar-refractivity contribution in [3.8, 4) is 0 Å². The first-order chi connectivity index (χ1) is 13.4. The molecule has 28 heavy (non-hydrogen) atoms. The number of aryl methyl sites for hydroxylation is 1. The largest absolute Gasteiger partial charge is 0.394 e. The Kier molecular flexibility index (Phi) is 4.63. The Hall–Kier alpha value is -2.79. The van der Waals surface area contributed by atoms with Gasteiger partial charge in [-0.05, 0) is 18.6 Å². The molecule has 1 aliphatic rings. The predicted molar refractivity (Wildman–Crippen MR) is 95.8 cm³/mol. The second-order valence-electron chi connectivity index (χ2n) is 6.74. The fourth-order valence-electron chi connectivity index (χ4n) is 3.40. The van der Waals surface area contributed by atoms with Crippen molar-refractivity contribution in [2.75, 3.05) is 6.61 Å². The standard InChI is InChI=1S/C18H19N3O7/c1-9-3-2-4-10-11(19-28-16(9)10)7-21-13(23)5-6-20(18(21)26)17-15(25)14(24)12(8-22)27-17/h2-6,12,14-15,17,22,24-25H,7-8H2,1H3/t12-,14?,15+,17-/m1/s1. The van der Waals surface area contributed by atoms with E-state index in [0.717, 1.165) is 20.8 Å². The highest BCUT2D eigenvalue weighted by Crippen LogP contribution is 2.28. The van der Waals surface area contributed by atoms with Gasteiger partial charge in [0.1, 0.15) is 24.0 Å². The van der Waals surface area contributed by atoms with E-state index < -0.39 is 42.4 Å². The molecule has 4 rings (SSSR count). The van der Waals surface area contributed by atoms with E-state index in [0.29, 0.717) is 16.7 Å². The van der Waals surface area contributed by atoms with Crippen LogP contribution in [0.5, 0.6) is 0 Å². The van der Waals surface area contributed by atoms with Crippen molar-refractivity contribution >= 4 is 11.0 Å². The summed E-state index contributed by atoms with van der Waals surface area (Å²) in [4.78, 5) is 25.2. The van der Waals surface area contributed by atoms with Gasteiger partial charge >= 0.3 is 5.69 Å². The average Bonchev–Trinajstić information content (AvgIpc) is 3.22. The number of para-hydroxylation sites is 1. The van der Waals surface area contributed by atoms with E-state index in [-0.39, 0.29) is 6.54 Å². The number of nitrogens with zero attached hydrogens (tertiary/aromatic N) is 3. The molecular weight excluding hydrogens is 370 g/mol. The Labute approximate surface area is 157 Å². The number of benzene rings is 1. The summed E-state index contributed by atoms with van der Waals surface area (Å²) >= 11 is 0. The van der Waals surface area contributed by atoms with Gasteiger partial charge in [0.2, 0.25) is 0 Å². The summed E-state index contributed by atoms with van der Waals surface area (Å²) in [5.74, 6) is 0. The van der Waals surface area contributed by atoms with Crippen molar-refractivity contribution in [2.45, 2.75) is 38.0 Å². The zero-order chi connectivity index (χ0) is 20.0. The number of hydrogen-bond donors (Lipinski definition) is 3. The SMILES string of the molecule is Cc1cccc2c(Cn3c(=O)ccn([C@@H]4O[C@H](CO)C(O)[C@@H]4O)c3=O)noc12. The van der Waals surface area contributed by atoms with Gasteiger partial charge < -0.3 is 24.6 Å². The third kappa shape index (κ3) is 2.87. The van der Waals surface area contributed by atoms with Crippen LogP contribution in [-0.2, 0) is 11.3 Å². The maximum atomic E-state index is 12.9. The molecule has 0 amide bonds. The van der Waals surface area contributed by atoms with Gasteiger partial charge in [-0.3, -0.25) is 13.9 Å². The van der Waals surface area contributed by atoms with Crippen LogP contribution in [-0.4, -0.2) is 54.5 Å². The van der Waals surface area contributed by atoms with Gasteiger partial charge in [0, 0.05) is 17.6 Å². The lowest BCUT2D eigenvalue weighted by Crippen LogP contribution is -2.43. The van der Waals surface area contributed by atoms with Gasteiger partial charge in [0.05, 0.1) is 13.2 Å². The normalized spacial score (nSPS) is 24.9. The van der Waals surface area contributed by atoms with E-state index in [1.165, 1.54) is 6.20 Å². The maximum absolute atomic E-state index is 12.9. The van der Waals surface area contributed by atoms with Crippen molar-refractivity contribution in [1.82, 2.24) is 14.3 Å². The molecule has 0 saturated carbocycles. The minimum absolute atomic E-state index is 0.135. The van der Waals surface area contributed by atoms with Crippen LogP contribution in [0.4, 0.5) is 0 Å². The van der Waals surface area contributed by atoms with Crippen LogP contribution in [0.1, 0.15) is 17.5 Å². The van der Waals surface area contributed by atoms with Gasteiger partial charge in [-0.1, -0.05) is 17.3 Å². The lowest BCUT2D eigenvalue weighted by atomic mass is 10.1. The molecule has 1 saturated heterocycles. The summed E-state index contributed by atoms with van der Waals surface area (Å²) in [5, 5.41) is 34.0. The van der Waals surface area contributed by atoms with Crippen molar-refractivity contribution in [2.24, 2.45) is 0 Å². The zero-order valence-electron chi connectivity index (χ0n) is 14.9. The number of aliphatic hydroxyl groups excluding tert-OH is 3. The third-order valence-corrected chi connectivity index (χ3v) is 4.96. The summed E-state index contributed by atoms with van der Waals surface area (Å²) in [7, 11) is 0. The second kappa shape index (κ2) is 6.99. The molecule has 3 N–H and O–H groups in total. The first kappa shape index (κ1) is 18.6. The van der Waals surface area contributed by atoms with Gasteiger partial charge in [-0.15, -0.1) is 0 Å². The molecule has 0 aliphatic carbocycles. The van der Waals surface area contributed by atoms with Crippen molar-refractivity contribution in [3.05, 3.63) is 62.6 Å². The summed E-state index contributed by atoms with van der Waals surface area (Å²) in [6.45, 7) is 1.21. The van der Waals surface area contributed by atoms with E-state index >= 15 is 0 Å². The van der Waals surface area contributed by atoms with E-state index in [9.17, 15) is 24.9 Å². The Morgan fingerprint density at radius 1 is 1.18 bits per heavy atom. The molecule has 1 fully saturated rings. The van der Waals surface area contributed by atoms with Gasteiger partial charge in [-0.25, -0.2) is 4.79 Å². The lowest BCUT2D eigenvalue weighted by molar-refractivity contribution is -0.0555. The highest BCUT2D eigenvalue weighted by atomic mass is 16.6. The minimum atomic E-state index is -1.43. The molecule has 0 spiro atoms. The summed E-state index contributed by atoms with van der Waals surface area (Å²) in [5.41, 5.74) is 0.561. The first-order valence-electron chi connectivity index (χ1n) is 8.70. The molecule has 1 unspecified atom stereocenters. The van der Waals surface area contributed by atoms with Crippen LogP contribution in [0.25, 0.3) is 11.0 Å². The molecule has 0 bridgehead atoms. The molecule has 1 aromatic carbocycles. The van der Waals surface area contributed by atoms with Crippen LogP contribution in [0.3, 0.4) is 0 Å². The number of hydrogen-bond acceptors (Lipinski definition) is 8. The minimum Gasteiger partial charge on any atom is -0.394 e. The molecule has 3 aromatic rings. The molecule has 1 aliphatic heterocycles. The molecule has 4 atom stereocenters. The van der Waals surface area contributed by atoms with Crippen molar-refractivity contribution in [1.29, 1.82) is 0 Å². The molecule has 10 nitrogen and oxygen atoms in total. The summed E-state index contributed by atoms with van der Waals surface area (Å²) in [6, 6.07) is 6.63. The second-order valence-corrected chi connectivity index (χ2v) is 6.74.